The number of sulfonamides is 1. The molecule has 0 saturated carbocycles. The fraction of sp³-hybridized carbons (Fsp3) is 0.280. The maximum absolute atomic E-state index is 14.0. The Morgan fingerprint density at radius 1 is 1.14 bits per heavy atom. The maximum atomic E-state index is 14.0. The van der Waals surface area contributed by atoms with Crippen LogP contribution >= 0.6 is 0 Å². The van der Waals surface area contributed by atoms with E-state index in [1.807, 2.05) is 0 Å². The second-order valence-corrected chi connectivity index (χ2v) is 10.4. The summed E-state index contributed by atoms with van der Waals surface area (Å²) in [5.74, 6) is -2.19. The molecule has 37 heavy (non-hydrogen) atoms. The van der Waals surface area contributed by atoms with Crippen LogP contribution in [0.15, 0.2) is 57.9 Å². The Balaban J connectivity index is 1.55. The first-order chi connectivity index (χ1) is 17.5. The molecule has 0 spiro atoms. The Labute approximate surface area is 210 Å². The van der Waals surface area contributed by atoms with E-state index in [0.717, 1.165) is 16.4 Å². The van der Waals surface area contributed by atoms with Crippen LogP contribution < -0.4 is 5.32 Å². The van der Waals surface area contributed by atoms with Gasteiger partial charge in [0, 0.05) is 18.7 Å². The zero-order valence-corrected chi connectivity index (χ0v) is 20.4. The molecule has 1 aromatic heterocycles. The van der Waals surface area contributed by atoms with E-state index in [0.29, 0.717) is 12.8 Å². The number of halogens is 4. The lowest BCUT2D eigenvalue weighted by molar-refractivity contribution is -0.137. The summed E-state index contributed by atoms with van der Waals surface area (Å²) in [5.41, 5.74) is -1.09. The van der Waals surface area contributed by atoms with E-state index < -0.39 is 45.1 Å². The number of rotatable bonds is 6. The standard InChI is InChI=1S/C25H23F4N3O4S/c1-16-23(22(36-31-16)13-12-17-7-2-4-10-20(17)26)37(34,35)32-14-6-8-18(15-32)24(33)30-21-11-5-3-9-19(21)25(27,28)29/h2-5,7,9-13,18H,6,8,14-15H2,1H3,(H,30,33)/b13-12+/t18-/m1/s1. The van der Waals surface area contributed by atoms with Crippen molar-refractivity contribution >= 4 is 33.8 Å². The minimum Gasteiger partial charge on any atom is -0.355 e. The van der Waals surface area contributed by atoms with E-state index in [2.05, 4.69) is 10.5 Å². The summed E-state index contributed by atoms with van der Waals surface area (Å²) in [7, 11) is -4.19. The number of carbonyl (C=O) groups is 1. The zero-order valence-electron chi connectivity index (χ0n) is 19.6. The number of hydrogen-bond acceptors (Lipinski definition) is 5. The molecule has 0 bridgehead atoms. The molecule has 1 aliphatic heterocycles. The summed E-state index contributed by atoms with van der Waals surface area (Å²) in [6, 6.07) is 10.5. The van der Waals surface area contributed by atoms with E-state index in [1.165, 1.54) is 49.4 Å². The van der Waals surface area contributed by atoms with Gasteiger partial charge in [0.1, 0.15) is 11.5 Å². The number of aromatic nitrogens is 1. The number of nitrogens with one attached hydrogen (secondary N) is 1. The zero-order chi connectivity index (χ0) is 26.8. The first kappa shape index (κ1) is 26.6. The number of nitrogens with zero attached hydrogens (tertiary/aromatic N) is 2. The normalized spacial score (nSPS) is 17.3. The molecule has 196 valence electrons. The molecule has 1 atom stereocenters. The monoisotopic (exact) mass is 537 g/mol. The van der Waals surface area contributed by atoms with Crippen LogP contribution in [0.2, 0.25) is 0 Å². The Kier molecular flexibility index (Phi) is 7.51. The van der Waals surface area contributed by atoms with Crippen molar-refractivity contribution < 1.29 is 35.3 Å². The summed E-state index contributed by atoms with van der Waals surface area (Å²) in [4.78, 5) is 12.6. The molecule has 1 saturated heterocycles. The molecular weight excluding hydrogens is 514 g/mol. The number of para-hydroxylation sites is 1. The van der Waals surface area contributed by atoms with Crippen LogP contribution in [0.3, 0.4) is 0 Å². The van der Waals surface area contributed by atoms with Crippen molar-refractivity contribution in [2.75, 3.05) is 18.4 Å². The van der Waals surface area contributed by atoms with Gasteiger partial charge in [0.2, 0.25) is 15.9 Å². The number of hydrogen-bond donors (Lipinski definition) is 1. The Morgan fingerprint density at radius 2 is 1.84 bits per heavy atom. The predicted molar refractivity (Wildman–Crippen MR) is 128 cm³/mol. The average Bonchev–Trinajstić information content (AvgIpc) is 3.24. The SMILES string of the molecule is Cc1noc(/C=C/c2ccccc2F)c1S(=O)(=O)N1CCC[C@@H](C(=O)Nc2ccccc2C(F)(F)F)C1. The van der Waals surface area contributed by atoms with Gasteiger partial charge in [-0.25, -0.2) is 12.8 Å². The summed E-state index contributed by atoms with van der Waals surface area (Å²) < 4.78 is 87.2. The third kappa shape index (κ3) is 5.75. The first-order valence-corrected chi connectivity index (χ1v) is 12.8. The minimum absolute atomic E-state index is 0.0823. The summed E-state index contributed by atoms with van der Waals surface area (Å²) in [6.45, 7) is 1.31. The molecule has 12 heteroatoms. The lowest BCUT2D eigenvalue weighted by Crippen LogP contribution is -2.44. The van der Waals surface area contributed by atoms with Crippen LogP contribution in [0.4, 0.5) is 23.2 Å². The smallest absolute Gasteiger partial charge is 0.355 e. The van der Waals surface area contributed by atoms with E-state index in [4.69, 9.17) is 4.52 Å². The summed E-state index contributed by atoms with van der Waals surface area (Å²) in [6.07, 6.45) is -1.38. The summed E-state index contributed by atoms with van der Waals surface area (Å²) in [5, 5.41) is 6.05. The Morgan fingerprint density at radius 3 is 2.57 bits per heavy atom. The van der Waals surface area contributed by atoms with Gasteiger partial charge >= 0.3 is 6.18 Å². The number of alkyl halides is 3. The van der Waals surface area contributed by atoms with Gasteiger partial charge in [-0.15, -0.1) is 0 Å². The fourth-order valence-corrected chi connectivity index (χ4v) is 5.93. The number of carbonyl (C=O) groups excluding carboxylic acids is 1. The molecule has 1 aliphatic rings. The van der Waals surface area contributed by atoms with E-state index in [1.54, 1.807) is 6.07 Å². The van der Waals surface area contributed by atoms with Crippen LogP contribution in [0.25, 0.3) is 12.2 Å². The van der Waals surface area contributed by atoms with Gasteiger partial charge in [-0.1, -0.05) is 35.5 Å². The summed E-state index contributed by atoms with van der Waals surface area (Å²) >= 11 is 0. The molecule has 2 heterocycles. The van der Waals surface area contributed by atoms with Gasteiger partial charge in [-0.3, -0.25) is 4.79 Å². The van der Waals surface area contributed by atoms with E-state index in [9.17, 15) is 30.8 Å². The lowest BCUT2D eigenvalue weighted by Gasteiger charge is -2.31. The van der Waals surface area contributed by atoms with Crippen molar-refractivity contribution in [1.29, 1.82) is 0 Å². The van der Waals surface area contributed by atoms with Gasteiger partial charge in [0.05, 0.1) is 17.2 Å². The van der Waals surface area contributed by atoms with Crippen LogP contribution in [0, 0.1) is 18.7 Å². The molecule has 3 aromatic rings. The average molecular weight is 538 g/mol. The highest BCUT2D eigenvalue weighted by Gasteiger charge is 2.38. The topological polar surface area (TPSA) is 92.5 Å². The third-order valence-corrected chi connectivity index (χ3v) is 8.02. The van der Waals surface area contributed by atoms with Gasteiger partial charge in [-0.05, 0) is 50.1 Å². The predicted octanol–water partition coefficient (Wildman–Crippen LogP) is 5.35. The molecule has 1 fully saturated rings. The van der Waals surface area contributed by atoms with Crippen molar-refractivity contribution in [1.82, 2.24) is 9.46 Å². The molecule has 7 nitrogen and oxygen atoms in total. The number of anilines is 1. The number of aryl methyl sites for hydroxylation is 1. The molecule has 0 unspecified atom stereocenters. The Bertz CT molecular complexity index is 1430. The highest BCUT2D eigenvalue weighted by atomic mass is 32.2. The van der Waals surface area contributed by atoms with Crippen molar-refractivity contribution in [3.63, 3.8) is 0 Å². The van der Waals surface area contributed by atoms with Gasteiger partial charge < -0.3 is 9.84 Å². The van der Waals surface area contributed by atoms with Crippen molar-refractivity contribution in [2.24, 2.45) is 5.92 Å². The van der Waals surface area contributed by atoms with Gasteiger partial charge in [0.15, 0.2) is 10.7 Å². The van der Waals surface area contributed by atoms with E-state index in [-0.39, 0.29) is 35.0 Å². The van der Waals surface area contributed by atoms with Gasteiger partial charge in [0.25, 0.3) is 0 Å². The van der Waals surface area contributed by atoms with Crippen LogP contribution in [-0.2, 0) is 21.0 Å². The quantitative estimate of drug-likeness (QED) is 0.428. The number of piperidine rings is 1. The molecule has 1 amide bonds. The third-order valence-electron chi connectivity index (χ3n) is 6.00. The maximum Gasteiger partial charge on any atom is 0.418 e. The lowest BCUT2D eigenvalue weighted by atomic mass is 9.98. The van der Waals surface area contributed by atoms with Gasteiger partial charge in [-0.2, -0.15) is 17.5 Å². The highest BCUT2D eigenvalue weighted by Crippen LogP contribution is 2.35. The van der Waals surface area contributed by atoms with E-state index >= 15 is 0 Å². The van der Waals surface area contributed by atoms with Crippen LogP contribution in [0.5, 0.6) is 0 Å². The molecule has 2 aromatic carbocycles. The van der Waals surface area contributed by atoms with Crippen LogP contribution in [0.1, 0.15) is 35.4 Å². The van der Waals surface area contributed by atoms with Crippen molar-refractivity contribution in [2.45, 2.75) is 30.8 Å². The second kappa shape index (κ2) is 10.5. The molecule has 4 rings (SSSR count). The van der Waals surface area contributed by atoms with Crippen molar-refractivity contribution in [3.05, 3.63) is 76.9 Å². The number of benzene rings is 2. The largest absolute Gasteiger partial charge is 0.418 e. The Hall–Kier alpha value is -3.51. The van der Waals surface area contributed by atoms with Crippen LogP contribution in [-0.4, -0.2) is 36.9 Å². The molecular formula is C25H23F4N3O4S. The fourth-order valence-electron chi connectivity index (χ4n) is 4.15. The molecule has 1 N–H and O–H groups in total. The molecule has 0 aliphatic carbocycles. The first-order valence-electron chi connectivity index (χ1n) is 11.3. The second-order valence-electron chi connectivity index (χ2n) is 8.55. The molecule has 0 radical (unpaired) electrons. The minimum atomic E-state index is -4.66. The van der Waals surface area contributed by atoms with Crippen molar-refractivity contribution in [3.8, 4) is 0 Å². The highest BCUT2D eigenvalue weighted by molar-refractivity contribution is 7.89. The number of amides is 1.